The van der Waals surface area contributed by atoms with Gasteiger partial charge in [0.1, 0.15) is 0 Å². The fraction of sp³-hybridized carbons (Fsp3) is 0.538. The van der Waals surface area contributed by atoms with Crippen LogP contribution in [0.5, 0.6) is 0 Å². The molecule has 0 saturated carbocycles. The number of allylic oxidation sites excluding steroid dienone is 1. The summed E-state index contributed by atoms with van der Waals surface area (Å²) >= 11 is 0. The Morgan fingerprint density at radius 1 is 1.24 bits per heavy atom. The van der Waals surface area contributed by atoms with E-state index in [0.29, 0.717) is 13.0 Å². The van der Waals surface area contributed by atoms with Crippen LogP contribution in [0.2, 0.25) is 18.1 Å². The predicted octanol–water partition coefficient (Wildman–Crippen LogP) is 5.68. The molecule has 0 fully saturated rings. The van der Waals surface area contributed by atoms with Gasteiger partial charge in [-0.15, -0.1) is 6.58 Å². The second kappa shape index (κ2) is 9.47. The van der Waals surface area contributed by atoms with Crippen molar-refractivity contribution in [2.45, 2.75) is 77.2 Å². The summed E-state index contributed by atoms with van der Waals surface area (Å²) in [6, 6.07) is 6.89. The zero-order valence-electron chi connectivity index (χ0n) is 21.0. The number of carbonyl (C=O) groups excluding carboxylic acids is 2. The summed E-state index contributed by atoms with van der Waals surface area (Å²) in [5, 5.41) is 1.09. The first-order valence-electron chi connectivity index (χ1n) is 11.8. The molecule has 6 nitrogen and oxygen atoms in total. The van der Waals surface area contributed by atoms with Gasteiger partial charge in [0.15, 0.2) is 14.4 Å². The SMILES string of the molecule is C=CC[C@H]1c2c([nH]c3ccccc23)[C@H](C(=O)OCC)N(C(C)=O)[C@@H]1CO[Si](C)(C)C(C)(C)C. The van der Waals surface area contributed by atoms with Crippen LogP contribution in [0.25, 0.3) is 10.9 Å². The molecule has 1 aromatic carbocycles. The van der Waals surface area contributed by atoms with Gasteiger partial charge in [-0.2, -0.15) is 0 Å². The lowest BCUT2D eigenvalue weighted by Crippen LogP contribution is -2.55. The van der Waals surface area contributed by atoms with E-state index < -0.39 is 20.3 Å². The molecule has 0 bridgehead atoms. The quantitative estimate of drug-likeness (QED) is 0.321. The molecule has 7 heteroatoms. The summed E-state index contributed by atoms with van der Waals surface area (Å²) in [7, 11) is -2.09. The van der Waals surface area contributed by atoms with Crippen LogP contribution in [0.4, 0.5) is 0 Å². The van der Waals surface area contributed by atoms with Crippen molar-refractivity contribution in [3.8, 4) is 0 Å². The highest BCUT2D eigenvalue weighted by molar-refractivity contribution is 6.74. The van der Waals surface area contributed by atoms with Crippen LogP contribution in [0.3, 0.4) is 0 Å². The van der Waals surface area contributed by atoms with Gasteiger partial charge < -0.3 is 19.0 Å². The average molecular weight is 471 g/mol. The number of rotatable bonds is 7. The summed E-state index contributed by atoms with van der Waals surface area (Å²) in [6.45, 7) is 18.9. The Bertz CT molecular complexity index is 1040. The summed E-state index contributed by atoms with van der Waals surface area (Å²) in [4.78, 5) is 31.4. The fourth-order valence-electron chi connectivity index (χ4n) is 4.55. The topological polar surface area (TPSA) is 71.6 Å². The van der Waals surface area contributed by atoms with Gasteiger partial charge in [-0.05, 0) is 43.1 Å². The van der Waals surface area contributed by atoms with E-state index in [1.807, 2.05) is 24.3 Å². The minimum Gasteiger partial charge on any atom is -0.464 e. The van der Waals surface area contributed by atoms with Crippen LogP contribution < -0.4 is 0 Å². The molecular weight excluding hydrogens is 432 g/mol. The van der Waals surface area contributed by atoms with Crippen molar-refractivity contribution in [3.63, 3.8) is 0 Å². The number of benzene rings is 1. The molecule has 1 aromatic heterocycles. The van der Waals surface area contributed by atoms with Crippen LogP contribution >= 0.6 is 0 Å². The minimum absolute atomic E-state index is 0.0309. The van der Waals surface area contributed by atoms with E-state index in [1.165, 1.54) is 6.92 Å². The smallest absolute Gasteiger partial charge is 0.335 e. The Morgan fingerprint density at radius 3 is 2.48 bits per heavy atom. The van der Waals surface area contributed by atoms with E-state index in [-0.39, 0.29) is 29.5 Å². The second-order valence-corrected chi connectivity index (χ2v) is 15.2. The summed E-state index contributed by atoms with van der Waals surface area (Å²) in [6.07, 6.45) is 2.55. The lowest BCUT2D eigenvalue weighted by atomic mass is 9.80. The number of carbonyl (C=O) groups is 2. The first-order valence-corrected chi connectivity index (χ1v) is 14.7. The first-order chi connectivity index (χ1) is 15.4. The van der Waals surface area contributed by atoms with Crippen molar-refractivity contribution in [2.75, 3.05) is 13.2 Å². The van der Waals surface area contributed by atoms with Gasteiger partial charge in [-0.1, -0.05) is 45.0 Å². The first kappa shape index (κ1) is 25.2. The summed E-state index contributed by atoms with van der Waals surface area (Å²) in [5.74, 6) is -0.641. The molecule has 2 aromatic rings. The monoisotopic (exact) mass is 470 g/mol. The van der Waals surface area contributed by atoms with Crippen LogP contribution in [0.1, 0.15) is 64.3 Å². The molecule has 180 valence electrons. The van der Waals surface area contributed by atoms with Gasteiger partial charge in [-0.3, -0.25) is 4.79 Å². The third kappa shape index (κ3) is 4.66. The van der Waals surface area contributed by atoms with Crippen LogP contribution in [0, 0.1) is 0 Å². The third-order valence-electron chi connectivity index (χ3n) is 7.24. The number of amides is 1. The summed E-state index contributed by atoms with van der Waals surface area (Å²) in [5.41, 5.74) is 2.74. The maximum absolute atomic E-state index is 13.2. The molecule has 2 heterocycles. The van der Waals surface area contributed by atoms with Gasteiger partial charge in [0, 0.05) is 23.7 Å². The number of nitrogens with zero attached hydrogens (tertiary/aromatic N) is 1. The predicted molar refractivity (Wildman–Crippen MR) is 135 cm³/mol. The number of aromatic amines is 1. The lowest BCUT2D eigenvalue weighted by molar-refractivity contribution is -0.159. The average Bonchev–Trinajstić information content (AvgIpc) is 3.10. The zero-order chi connectivity index (χ0) is 24.6. The maximum Gasteiger partial charge on any atom is 0.335 e. The number of H-pyrrole nitrogens is 1. The maximum atomic E-state index is 13.2. The zero-order valence-corrected chi connectivity index (χ0v) is 22.0. The van der Waals surface area contributed by atoms with E-state index >= 15 is 0 Å². The Balaban J connectivity index is 2.20. The van der Waals surface area contributed by atoms with E-state index in [4.69, 9.17) is 9.16 Å². The number of ether oxygens (including phenoxy) is 1. The van der Waals surface area contributed by atoms with Gasteiger partial charge in [0.05, 0.1) is 24.9 Å². The van der Waals surface area contributed by atoms with Crippen molar-refractivity contribution in [3.05, 3.63) is 48.2 Å². The second-order valence-electron chi connectivity index (χ2n) is 10.3. The normalized spacial score (nSPS) is 21.1. The molecule has 0 aliphatic carbocycles. The largest absolute Gasteiger partial charge is 0.464 e. The Hall–Kier alpha value is -2.38. The van der Waals surface area contributed by atoms with Crippen molar-refractivity contribution in [2.24, 2.45) is 0 Å². The number of esters is 1. The van der Waals surface area contributed by atoms with Crippen LogP contribution in [0.15, 0.2) is 36.9 Å². The molecule has 3 atom stereocenters. The Morgan fingerprint density at radius 2 is 1.91 bits per heavy atom. The number of hydrogen-bond acceptors (Lipinski definition) is 4. The minimum atomic E-state index is -2.09. The highest BCUT2D eigenvalue weighted by Crippen LogP contribution is 2.47. The molecule has 1 amide bonds. The van der Waals surface area contributed by atoms with Crippen molar-refractivity contribution >= 4 is 31.1 Å². The van der Waals surface area contributed by atoms with Crippen LogP contribution in [-0.4, -0.2) is 49.3 Å². The van der Waals surface area contributed by atoms with Gasteiger partial charge >= 0.3 is 5.97 Å². The van der Waals surface area contributed by atoms with Crippen LogP contribution in [-0.2, 0) is 18.8 Å². The van der Waals surface area contributed by atoms with Gasteiger partial charge in [-0.25, -0.2) is 4.79 Å². The lowest BCUT2D eigenvalue weighted by Gasteiger charge is -2.46. The summed E-state index contributed by atoms with van der Waals surface area (Å²) < 4.78 is 12.1. The highest BCUT2D eigenvalue weighted by atomic mass is 28.4. The number of nitrogens with one attached hydrogen (secondary N) is 1. The third-order valence-corrected chi connectivity index (χ3v) is 11.7. The number of hydrogen-bond donors (Lipinski definition) is 1. The van der Waals surface area contributed by atoms with Crippen molar-refractivity contribution < 1.29 is 18.8 Å². The van der Waals surface area contributed by atoms with E-state index in [1.54, 1.807) is 11.8 Å². The molecule has 1 aliphatic heterocycles. The van der Waals surface area contributed by atoms with Crippen molar-refractivity contribution in [1.82, 2.24) is 9.88 Å². The van der Waals surface area contributed by atoms with Gasteiger partial charge in [0.2, 0.25) is 5.91 Å². The van der Waals surface area contributed by atoms with E-state index in [9.17, 15) is 9.59 Å². The Labute approximate surface area is 198 Å². The molecule has 0 unspecified atom stereocenters. The molecule has 0 radical (unpaired) electrons. The molecule has 1 aliphatic rings. The van der Waals surface area contributed by atoms with Gasteiger partial charge in [0.25, 0.3) is 0 Å². The van der Waals surface area contributed by atoms with E-state index in [2.05, 4.69) is 51.5 Å². The highest BCUT2D eigenvalue weighted by Gasteiger charge is 2.48. The molecular formula is C26H38N2O4Si. The molecule has 1 N–H and O–H groups in total. The molecule has 3 rings (SSSR count). The molecule has 0 saturated heterocycles. The number of para-hydroxylation sites is 1. The number of fused-ring (bicyclic) bond motifs is 3. The Kier molecular flexibility index (Phi) is 7.24. The molecule has 33 heavy (non-hydrogen) atoms. The fourth-order valence-corrected chi connectivity index (χ4v) is 5.57. The standard InChI is InChI=1S/C26H38N2O4Si/c1-9-13-19-21(16-32-33(7,8)26(4,5)6)28(17(3)29)24(25(30)31-10-2)23-22(19)18-14-11-12-15-20(18)27-23/h9,11-12,14-15,19,21,24,27H,1,10,13,16H2,2-8H3/t19-,21-,24-/m1/s1. The van der Waals surface area contributed by atoms with E-state index in [0.717, 1.165) is 22.2 Å². The number of aromatic nitrogens is 1. The van der Waals surface area contributed by atoms with Crippen molar-refractivity contribution in [1.29, 1.82) is 0 Å². The molecule has 0 spiro atoms.